The van der Waals surface area contributed by atoms with Crippen molar-refractivity contribution < 1.29 is 0 Å². The lowest BCUT2D eigenvalue weighted by atomic mass is 9.92. The Kier molecular flexibility index (Phi) is 5.62. The van der Waals surface area contributed by atoms with Gasteiger partial charge in [-0.1, -0.05) is 49.5 Å². The van der Waals surface area contributed by atoms with E-state index in [2.05, 4.69) is 41.6 Å². The molecule has 2 heteroatoms. The summed E-state index contributed by atoms with van der Waals surface area (Å²) in [4.78, 5) is 2.70. The van der Waals surface area contributed by atoms with E-state index in [9.17, 15) is 0 Å². The van der Waals surface area contributed by atoms with Crippen molar-refractivity contribution in [3.8, 4) is 0 Å². The number of alkyl halides is 1. The normalized spacial score (nSPS) is 19.0. The van der Waals surface area contributed by atoms with Crippen molar-refractivity contribution in [2.75, 3.05) is 18.4 Å². The van der Waals surface area contributed by atoms with E-state index in [0.717, 1.165) is 11.4 Å². The van der Waals surface area contributed by atoms with Gasteiger partial charge in [0.2, 0.25) is 0 Å². The van der Waals surface area contributed by atoms with Crippen molar-refractivity contribution in [2.24, 2.45) is 5.41 Å². The van der Waals surface area contributed by atoms with Gasteiger partial charge in [0.05, 0.1) is 0 Å². The zero-order chi connectivity index (χ0) is 11.3. The van der Waals surface area contributed by atoms with Crippen LogP contribution < -0.4 is 0 Å². The quantitative estimate of drug-likeness (QED) is 0.684. The molecule has 0 aliphatic heterocycles. The highest BCUT2D eigenvalue weighted by molar-refractivity contribution is 9.09. The van der Waals surface area contributed by atoms with E-state index in [4.69, 9.17) is 0 Å². The minimum Gasteiger partial charge on any atom is -0.300 e. The SMILES string of the molecule is CC(C)(C)CCN(CCBr)C1CCCC1. The average molecular weight is 276 g/mol. The maximum absolute atomic E-state index is 3.58. The Morgan fingerprint density at radius 3 is 2.20 bits per heavy atom. The van der Waals surface area contributed by atoms with Gasteiger partial charge < -0.3 is 0 Å². The largest absolute Gasteiger partial charge is 0.300 e. The third-order valence-corrected chi connectivity index (χ3v) is 3.72. The standard InChI is InChI=1S/C13H26BrN/c1-13(2,3)8-10-15(11-9-14)12-6-4-5-7-12/h12H,4-11H2,1-3H3. The molecule has 15 heavy (non-hydrogen) atoms. The summed E-state index contributed by atoms with van der Waals surface area (Å²) < 4.78 is 0. The molecule has 0 aromatic heterocycles. The fraction of sp³-hybridized carbons (Fsp3) is 1.00. The van der Waals surface area contributed by atoms with Gasteiger partial charge in [0.25, 0.3) is 0 Å². The minimum absolute atomic E-state index is 0.475. The summed E-state index contributed by atoms with van der Waals surface area (Å²) in [5, 5.41) is 1.12. The molecule has 0 saturated heterocycles. The van der Waals surface area contributed by atoms with Crippen LogP contribution in [0.25, 0.3) is 0 Å². The number of halogens is 1. The van der Waals surface area contributed by atoms with Crippen LogP contribution in [0.5, 0.6) is 0 Å². The first-order valence-electron chi connectivity index (χ1n) is 6.33. The second-order valence-electron chi connectivity index (χ2n) is 5.97. The van der Waals surface area contributed by atoms with Gasteiger partial charge in [-0.25, -0.2) is 0 Å². The summed E-state index contributed by atoms with van der Waals surface area (Å²) in [5.41, 5.74) is 0.475. The molecule has 0 bridgehead atoms. The molecule has 1 fully saturated rings. The molecule has 1 rings (SSSR count). The van der Waals surface area contributed by atoms with Crippen LogP contribution in [0.3, 0.4) is 0 Å². The average Bonchev–Trinajstić information content (AvgIpc) is 2.63. The van der Waals surface area contributed by atoms with Crippen molar-refractivity contribution in [3.05, 3.63) is 0 Å². The molecule has 0 radical (unpaired) electrons. The van der Waals surface area contributed by atoms with Gasteiger partial charge in [-0.2, -0.15) is 0 Å². The van der Waals surface area contributed by atoms with Gasteiger partial charge in [0.1, 0.15) is 0 Å². The van der Waals surface area contributed by atoms with Crippen LogP contribution in [-0.2, 0) is 0 Å². The minimum atomic E-state index is 0.475. The Morgan fingerprint density at radius 2 is 1.73 bits per heavy atom. The second kappa shape index (κ2) is 6.24. The Balaban J connectivity index is 2.35. The molecule has 1 nitrogen and oxygen atoms in total. The topological polar surface area (TPSA) is 3.24 Å². The summed E-state index contributed by atoms with van der Waals surface area (Å²) in [6.07, 6.45) is 7.06. The molecule has 0 heterocycles. The Morgan fingerprint density at radius 1 is 1.13 bits per heavy atom. The van der Waals surface area contributed by atoms with Crippen LogP contribution >= 0.6 is 15.9 Å². The molecule has 0 aromatic rings. The molecular weight excluding hydrogens is 250 g/mol. The first-order chi connectivity index (χ1) is 7.03. The first-order valence-corrected chi connectivity index (χ1v) is 7.45. The van der Waals surface area contributed by atoms with E-state index in [-0.39, 0.29) is 0 Å². The molecule has 1 saturated carbocycles. The molecule has 90 valence electrons. The zero-order valence-electron chi connectivity index (χ0n) is 10.6. The fourth-order valence-corrected chi connectivity index (χ4v) is 2.79. The highest BCUT2D eigenvalue weighted by Gasteiger charge is 2.23. The summed E-state index contributed by atoms with van der Waals surface area (Å²) in [7, 11) is 0. The Bertz CT molecular complexity index is 168. The van der Waals surface area contributed by atoms with Crippen LogP contribution in [0.4, 0.5) is 0 Å². The second-order valence-corrected chi connectivity index (χ2v) is 6.77. The third-order valence-electron chi connectivity index (χ3n) is 3.36. The third kappa shape index (κ3) is 5.35. The molecule has 0 aromatic carbocycles. The maximum atomic E-state index is 3.58. The number of hydrogen-bond acceptors (Lipinski definition) is 1. The maximum Gasteiger partial charge on any atom is 0.0159 e. The highest BCUT2D eigenvalue weighted by Crippen LogP contribution is 2.26. The molecule has 0 amide bonds. The summed E-state index contributed by atoms with van der Waals surface area (Å²) in [5.74, 6) is 0. The van der Waals surface area contributed by atoms with Crippen LogP contribution in [0.2, 0.25) is 0 Å². The van der Waals surface area contributed by atoms with E-state index < -0.39 is 0 Å². The lowest BCUT2D eigenvalue weighted by Crippen LogP contribution is -2.37. The predicted octanol–water partition coefficient (Wildman–Crippen LogP) is 4.06. The van der Waals surface area contributed by atoms with Crippen LogP contribution in [0.15, 0.2) is 0 Å². The van der Waals surface area contributed by atoms with Crippen molar-refractivity contribution in [1.82, 2.24) is 4.90 Å². The van der Waals surface area contributed by atoms with Crippen LogP contribution in [0.1, 0.15) is 52.9 Å². The molecule has 1 aliphatic rings. The lowest BCUT2D eigenvalue weighted by molar-refractivity contribution is 0.181. The van der Waals surface area contributed by atoms with Gasteiger partial charge >= 0.3 is 0 Å². The van der Waals surface area contributed by atoms with Gasteiger partial charge in [-0.05, 0) is 31.2 Å². The summed E-state index contributed by atoms with van der Waals surface area (Å²) in [6.45, 7) is 9.52. The van der Waals surface area contributed by atoms with Gasteiger partial charge in [-0.15, -0.1) is 0 Å². The van der Waals surface area contributed by atoms with Crippen molar-refractivity contribution in [3.63, 3.8) is 0 Å². The van der Waals surface area contributed by atoms with Crippen molar-refractivity contribution in [1.29, 1.82) is 0 Å². The molecule has 1 aliphatic carbocycles. The monoisotopic (exact) mass is 275 g/mol. The molecular formula is C13H26BrN. The molecule has 0 N–H and O–H groups in total. The summed E-state index contributed by atoms with van der Waals surface area (Å²) in [6, 6.07) is 0.880. The Labute approximate surface area is 104 Å². The zero-order valence-corrected chi connectivity index (χ0v) is 12.1. The number of hydrogen-bond donors (Lipinski definition) is 0. The van der Waals surface area contributed by atoms with E-state index in [0.29, 0.717) is 5.41 Å². The smallest absolute Gasteiger partial charge is 0.0159 e. The Hall–Kier alpha value is 0.440. The highest BCUT2D eigenvalue weighted by atomic mass is 79.9. The van der Waals surface area contributed by atoms with Crippen molar-refractivity contribution >= 4 is 15.9 Å². The first kappa shape index (κ1) is 13.5. The predicted molar refractivity (Wildman–Crippen MR) is 71.7 cm³/mol. The van der Waals surface area contributed by atoms with Gasteiger partial charge in [0.15, 0.2) is 0 Å². The van der Waals surface area contributed by atoms with Crippen LogP contribution in [0, 0.1) is 5.41 Å². The fourth-order valence-electron chi connectivity index (χ4n) is 2.33. The lowest BCUT2D eigenvalue weighted by Gasteiger charge is -2.31. The van der Waals surface area contributed by atoms with E-state index in [1.807, 2.05) is 0 Å². The molecule has 0 unspecified atom stereocenters. The van der Waals surface area contributed by atoms with E-state index in [1.165, 1.54) is 45.2 Å². The van der Waals surface area contributed by atoms with Gasteiger partial charge in [0, 0.05) is 17.9 Å². The summed E-state index contributed by atoms with van der Waals surface area (Å²) >= 11 is 3.58. The van der Waals surface area contributed by atoms with Crippen molar-refractivity contribution in [2.45, 2.75) is 58.9 Å². The van der Waals surface area contributed by atoms with Gasteiger partial charge in [-0.3, -0.25) is 4.90 Å². The van der Waals surface area contributed by atoms with Crippen LogP contribution in [-0.4, -0.2) is 29.4 Å². The number of rotatable bonds is 5. The molecule has 0 atom stereocenters. The van der Waals surface area contributed by atoms with E-state index in [1.54, 1.807) is 0 Å². The molecule has 0 spiro atoms. The number of nitrogens with zero attached hydrogens (tertiary/aromatic N) is 1. The van der Waals surface area contributed by atoms with E-state index >= 15 is 0 Å².